The minimum Gasteiger partial charge on any atom is -0.453 e. The second-order valence-corrected chi connectivity index (χ2v) is 7.06. The number of rotatable bonds is 3. The average molecular weight is 377 g/mol. The molecule has 0 aliphatic rings. The predicted molar refractivity (Wildman–Crippen MR) is 113 cm³/mol. The molecule has 5 heteroatoms. The minimum atomic E-state index is -0.0983. The highest BCUT2D eigenvalue weighted by atomic mass is 16.3. The van der Waals surface area contributed by atoms with Gasteiger partial charge in [-0.05, 0) is 30.3 Å². The second-order valence-electron chi connectivity index (χ2n) is 7.06. The number of fused-ring (bicyclic) bond motifs is 5. The third-order valence-electron chi connectivity index (χ3n) is 5.26. The molecule has 5 nitrogen and oxygen atoms in total. The standard InChI is InChI=1S/C24H15N3O2/c28-20(22-13-15-7-1-6-12-21(15)29-22)14-27-19-11-5-2-8-16(19)23-24(27)26-18-10-4-3-9-17(18)25-23/h1-13H,14H2. The van der Waals surface area contributed by atoms with E-state index in [-0.39, 0.29) is 12.3 Å². The van der Waals surface area contributed by atoms with Crippen LogP contribution in [0.25, 0.3) is 44.1 Å². The monoisotopic (exact) mass is 377 g/mol. The van der Waals surface area contributed by atoms with Crippen molar-refractivity contribution in [1.29, 1.82) is 0 Å². The van der Waals surface area contributed by atoms with Crippen LogP contribution in [0.1, 0.15) is 10.6 Å². The molecule has 0 radical (unpaired) electrons. The summed E-state index contributed by atoms with van der Waals surface area (Å²) in [6, 6.07) is 25.2. The van der Waals surface area contributed by atoms with Gasteiger partial charge in [0.15, 0.2) is 11.4 Å². The molecule has 0 amide bonds. The Hall–Kier alpha value is -3.99. The van der Waals surface area contributed by atoms with Gasteiger partial charge in [-0.15, -0.1) is 0 Å². The van der Waals surface area contributed by atoms with Gasteiger partial charge in [-0.2, -0.15) is 0 Å². The molecule has 138 valence electrons. The zero-order chi connectivity index (χ0) is 19.4. The highest BCUT2D eigenvalue weighted by Crippen LogP contribution is 2.29. The highest BCUT2D eigenvalue weighted by Gasteiger charge is 2.19. The first kappa shape index (κ1) is 16.0. The Morgan fingerprint density at radius 3 is 2.45 bits per heavy atom. The Labute approximate surface area is 165 Å². The number of aromatic nitrogens is 3. The van der Waals surface area contributed by atoms with Gasteiger partial charge in [-0.3, -0.25) is 4.79 Å². The predicted octanol–water partition coefficient (Wildman–Crippen LogP) is 5.37. The fourth-order valence-corrected chi connectivity index (χ4v) is 3.88. The van der Waals surface area contributed by atoms with Gasteiger partial charge < -0.3 is 8.98 Å². The molecule has 0 saturated carbocycles. The van der Waals surface area contributed by atoms with E-state index in [1.165, 1.54) is 0 Å². The number of nitrogens with zero attached hydrogens (tertiary/aromatic N) is 3. The van der Waals surface area contributed by atoms with E-state index in [2.05, 4.69) is 0 Å². The SMILES string of the molecule is O=C(Cn1c2ccccc2c2nc3ccccc3nc21)c1cc2ccccc2o1. The summed E-state index contributed by atoms with van der Waals surface area (Å²) in [6.45, 7) is 0.136. The first-order valence-corrected chi connectivity index (χ1v) is 9.43. The maximum Gasteiger partial charge on any atom is 0.217 e. The van der Waals surface area contributed by atoms with Crippen LogP contribution < -0.4 is 0 Å². The minimum absolute atomic E-state index is 0.0983. The Morgan fingerprint density at radius 1 is 0.862 bits per heavy atom. The number of hydrogen-bond donors (Lipinski definition) is 0. The summed E-state index contributed by atoms with van der Waals surface area (Å²) in [7, 11) is 0. The lowest BCUT2D eigenvalue weighted by atomic mass is 10.2. The summed E-state index contributed by atoms with van der Waals surface area (Å²) in [6.07, 6.45) is 0. The van der Waals surface area contributed by atoms with E-state index in [9.17, 15) is 4.79 Å². The van der Waals surface area contributed by atoms with Gasteiger partial charge in [0.05, 0.1) is 23.1 Å². The molecule has 0 saturated heterocycles. The number of para-hydroxylation sites is 4. The van der Waals surface area contributed by atoms with Crippen LogP contribution in [0.2, 0.25) is 0 Å². The lowest BCUT2D eigenvalue weighted by Gasteiger charge is -2.05. The van der Waals surface area contributed by atoms with Gasteiger partial charge in [0.2, 0.25) is 5.78 Å². The smallest absolute Gasteiger partial charge is 0.217 e. The summed E-state index contributed by atoms with van der Waals surface area (Å²) in [5.74, 6) is 0.254. The van der Waals surface area contributed by atoms with E-state index < -0.39 is 0 Å². The molecule has 0 aliphatic heterocycles. The van der Waals surface area contributed by atoms with Crippen molar-refractivity contribution in [3.05, 3.63) is 84.6 Å². The van der Waals surface area contributed by atoms with Gasteiger partial charge in [0, 0.05) is 10.8 Å². The Bertz CT molecular complexity index is 1530. The number of ketones is 1. The summed E-state index contributed by atoms with van der Waals surface area (Å²) < 4.78 is 7.70. The summed E-state index contributed by atoms with van der Waals surface area (Å²) in [5, 5.41) is 1.90. The molecule has 6 rings (SSSR count). The number of carbonyl (C=O) groups is 1. The fourth-order valence-electron chi connectivity index (χ4n) is 3.88. The molecule has 0 unspecified atom stereocenters. The molecule has 0 spiro atoms. The van der Waals surface area contributed by atoms with Crippen LogP contribution in [0.4, 0.5) is 0 Å². The van der Waals surface area contributed by atoms with E-state index >= 15 is 0 Å². The largest absolute Gasteiger partial charge is 0.453 e. The van der Waals surface area contributed by atoms with Crippen LogP contribution in [0.5, 0.6) is 0 Å². The first-order chi connectivity index (χ1) is 14.3. The Balaban J connectivity index is 1.55. The normalized spacial score (nSPS) is 11.7. The van der Waals surface area contributed by atoms with E-state index in [1.807, 2.05) is 77.4 Å². The summed E-state index contributed by atoms with van der Waals surface area (Å²) in [5.41, 5.74) is 4.80. The van der Waals surface area contributed by atoms with Gasteiger partial charge in [-0.25, -0.2) is 9.97 Å². The molecule has 3 aromatic heterocycles. The van der Waals surface area contributed by atoms with Crippen molar-refractivity contribution in [3.63, 3.8) is 0 Å². The van der Waals surface area contributed by atoms with Crippen molar-refractivity contribution >= 4 is 49.9 Å². The third-order valence-corrected chi connectivity index (χ3v) is 5.26. The van der Waals surface area contributed by atoms with Crippen LogP contribution in [-0.2, 0) is 6.54 Å². The number of Topliss-reactive ketones (excluding diaryl/α,β-unsaturated/α-hetero) is 1. The lowest BCUT2D eigenvalue weighted by Crippen LogP contribution is -2.10. The molecule has 3 heterocycles. The molecule has 6 aromatic rings. The maximum atomic E-state index is 13.1. The van der Waals surface area contributed by atoms with Gasteiger partial charge in [0.25, 0.3) is 0 Å². The van der Waals surface area contributed by atoms with Crippen molar-refractivity contribution < 1.29 is 9.21 Å². The fraction of sp³-hybridized carbons (Fsp3) is 0.0417. The third kappa shape index (κ3) is 2.44. The molecule has 0 bridgehead atoms. The Morgan fingerprint density at radius 2 is 1.59 bits per heavy atom. The van der Waals surface area contributed by atoms with E-state index in [0.29, 0.717) is 17.0 Å². The lowest BCUT2D eigenvalue weighted by molar-refractivity contribution is 0.0950. The quantitative estimate of drug-likeness (QED) is 0.389. The zero-order valence-corrected chi connectivity index (χ0v) is 15.4. The van der Waals surface area contributed by atoms with Crippen LogP contribution in [0.15, 0.2) is 83.3 Å². The van der Waals surface area contributed by atoms with Gasteiger partial charge >= 0.3 is 0 Å². The van der Waals surface area contributed by atoms with Gasteiger partial charge in [0.1, 0.15) is 11.1 Å². The van der Waals surface area contributed by atoms with Crippen LogP contribution in [0.3, 0.4) is 0 Å². The van der Waals surface area contributed by atoms with Crippen LogP contribution >= 0.6 is 0 Å². The van der Waals surface area contributed by atoms with E-state index in [4.69, 9.17) is 14.4 Å². The molecular formula is C24H15N3O2. The highest BCUT2D eigenvalue weighted by molar-refractivity contribution is 6.08. The Kier molecular flexibility index (Phi) is 3.32. The molecule has 29 heavy (non-hydrogen) atoms. The second kappa shape index (κ2) is 6.01. The number of hydrogen-bond acceptors (Lipinski definition) is 4. The van der Waals surface area contributed by atoms with Crippen molar-refractivity contribution in [2.24, 2.45) is 0 Å². The van der Waals surface area contributed by atoms with Crippen molar-refractivity contribution in [1.82, 2.24) is 14.5 Å². The van der Waals surface area contributed by atoms with E-state index in [1.54, 1.807) is 6.07 Å². The maximum absolute atomic E-state index is 13.1. The average Bonchev–Trinajstić information content (AvgIpc) is 3.32. The van der Waals surface area contributed by atoms with E-state index in [0.717, 1.165) is 32.8 Å². The molecule has 0 atom stereocenters. The molecular weight excluding hydrogens is 362 g/mol. The number of furan rings is 1. The number of benzene rings is 3. The zero-order valence-electron chi connectivity index (χ0n) is 15.4. The summed E-state index contributed by atoms with van der Waals surface area (Å²) in [4.78, 5) is 22.7. The van der Waals surface area contributed by atoms with Crippen molar-refractivity contribution in [2.75, 3.05) is 0 Å². The molecule has 3 aromatic carbocycles. The van der Waals surface area contributed by atoms with Gasteiger partial charge in [-0.1, -0.05) is 48.5 Å². The van der Waals surface area contributed by atoms with Crippen LogP contribution in [-0.4, -0.2) is 20.3 Å². The molecule has 0 aliphatic carbocycles. The molecule has 0 fully saturated rings. The first-order valence-electron chi connectivity index (χ1n) is 9.43. The summed E-state index contributed by atoms with van der Waals surface area (Å²) >= 11 is 0. The van der Waals surface area contributed by atoms with Crippen molar-refractivity contribution in [3.8, 4) is 0 Å². The van der Waals surface area contributed by atoms with Crippen LogP contribution in [0, 0.1) is 0 Å². The molecule has 0 N–H and O–H groups in total. The number of carbonyl (C=O) groups excluding carboxylic acids is 1. The van der Waals surface area contributed by atoms with Crippen molar-refractivity contribution in [2.45, 2.75) is 6.54 Å². The topological polar surface area (TPSA) is 60.9 Å².